The SMILES string of the molecule is Cc1ccc(C(=O)CNC(=O)N[C@H]2CCCC[C@@H]2I)cc1. The second kappa shape index (κ2) is 7.77. The van der Waals surface area contributed by atoms with Crippen LogP contribution >= 0.6 is 22.6 Å². The summed E-state index contributed by atoms with van der Waals surface area (Å²) in [6.45, 7) is 2.01. The molecule has 2 N–H and O–H groups in total. The lowest BCUT2D eigenvalue weighted by Crippen LogP contribution is -2.48. The first kappa shape index (κ1) is 16.3. The third kappa shape index (κ3) is 4.98. The van der Waals surface area contributed by atoms with Crippen molar-refractivity contribution >= 4 is 34.4 Å². The van der Waals surface area contributed by atoms with Gasteiger partial charge in [-0.15, -0.1) is 0 Å². The van der Waals surface area contributed by atoms with Gasteiger partial charge in [0.2, 0.25) is 0 Å². The molecule has 2 atom stereocenters. The number of halogens is 1. The number of carbonyl (C=O) groups is 2. The van der Waals surface area contributed by atoms with E-state index in [0.717, 1.165) is 24.8 Å². The van der Waals surface area contributed by atoms with E-state index < -0.39 is 0 Å². The van der Waals surface area contributed by atoms with Crippen LogP contribution in [0.4, 0.5) is 4.79 Å². The topological polar surface area (TPSA) is 58.2 Å². The Bertz CT molecular complexity index is 502. The molecule has 1 aliphatic rings. The predicted molar refractivity (Wildman–Crippen MR) is 92.1 cm³/mol. The van der Waals surface area contributed by atoms with Crippen LogP contribution in [0.2, 0.25) is 0 Å². The first-order valence-corrected chi connectivity index (χ1v) is 8.59. The largest absolute Gasteiger partial charge is 0.334 e. The summed E-state index contributed by atoms with van der Waals surface area (Å²) in [5.41, 5.74) is 1.74. The maximum atomic E-state index is 12.0. The van der Waals surface area contributed by atoms with Gasteiger partial charge in [0.1, 0.15) is 0 Å². The molecule has 0 aliphatic heterocycles. The molecule has 1 fully saturated rings. The van der Waals surface area contributed by atoms with Crippen LogP contribution in [-0.4, -0.2) is 28.3 Å². The average Bonchev–Trinajstić information content (AvgIpc) is 2.48. The summed E-state index contributed by atoms with van der Waals surface area (Å²) in [4.78, 5) is 23.8. The Morgan fingerprint density at radius 2 is 1.86 bits per heavy atom. The second-order valence-corrected chi connectivity index (χ2v) is 7.12. The average molecular weight is 400 g/mol. The molecule has 114 valence electrons. The minimum absolute atomic E-state index is 0.0352. The summed E-state index contributed by atoms with van der Waals surface area (Å²) in [5, 5.41) is 5.64. The fraction of sp³-hybridized carbons (Fsp3) is 0.500. The summed E-state index contributed by atoms with van der Waals surface area (Å²) in [6, 6.07) is 7.35. The number of urea groups is 1. The van der Waals surface area contributed by atoms with E-state index in [-0.39, 0.29) is 24.4 Å². The number of benzene rings is 1. The molecular weight excluding hydrogens is 379 g/mol. The molecule has 1 aliphatic carbocycles. The van der Waals surface area contributed by atoms with Crippen LogP contribution in [0.25, 0.3) is 0 Å². The van der Waals surface area contributed by atoms with Gasteiger partial charge in [0.25, 0.3) is 0 Å². The fourth-order valence-electron chi connectivity index (χ4n) is 2.47. The molecule has 0 radical (unpaired) electrons. The first-order valence-electron chi connectivity index (χ1n) is 7.34. The molecular formula is C16H21IN2O2. The molecule has 21 heavy (non-hydrogen) atoms. The highest BCUT2D eigenvalue weighted by atomic mass is 127. The third-order valence-electron chi connectivity index (χ3n) is 3.78. The zero-order valence-electron chi connectivity index (χ0n) is 12.2. The monoisotopic (exact) mass is 400 g/mol. The number of rotatable bonds is 4. The van der Waals surface area contributed by atoms with Gasteiger partial charge in [0.05, 0.1) is 6.54 Å². The maximum absolute atomic E-state index is 12.0. The van der Waals surface area contributed by atoms with Crippen molar-refractivity contribution in [2.24, 2.45) is 0 Å². The van der Waals surface area contributed by atoms with Crippen molar-refractivity contribution in [3.63, 3.8) is 0 Å². The fourth-order valence-corrected chi connectivity index (χ4v) is 3.45. The standard InChI is InChI=1S/C16H21IN2O2/c1-11-6-8-12(9-7-11)15(20)10-18-16(21)19-14-5-3-2-4-13(14)17/h6-9,13-14H,2-5,10H2,1H3,(H2,18,19,21)/t13-,14-/m0/s1. The molecule has 4 nitrogen and oxygen atoms in total. The van der Waals surface area contributed by atoms with E-state index in [4.69, 9.17) is 0 Å². The van der Waals surface area contributed by atoms with Crippen LogP contribution in [0.15, 0.2) is 24.3 Å². The van der Waals surface area contributed by atoms with E-state index >= 15 is 0 Å². The highest BCUT2D eigenvalue weighted by Gasteiger charge is 2.24. The molecule has 2 rings (SSSR count). The Morgan fingerprint density at radius 1 is 1.19 bits per heavy atom. The lowest BCUT2D eigenvalue weighted by atomic mass is 9.95. The highest BCUT2D eigenvalue weighted by molar-refractivity contribution is 14.1. The first-order chi connectivity index (χ1) is 10.1. The van der Waals surface area contributed by atoms with Crippen molar-refractivity contribution in [2.75, 3.05) is 6.54 Å². The van der Waals surface area contributed by atoms with Gasteiger partial charge in [-0.05, 0) is 19.8 Å². The number of Topliss-reactive ketones (excluding diaryl/α,β-unsaturated/α-hetero) is 1. The van der Waals surface area contributed by atoms with Crippen LogP contribution in [0.1, 0.15) is 41.6 Å². The zero-order valence-corrected chi connectivity index (χ0v) is 14.4. The minimum Gasteiger partial charge on any atom is -0.334 e. The molecule has 0 spiro atoms. The van der Waals surface area contributed by atoms with Crippen LogP contribution in [0.5, 0.6) is 0 Å². The van der Waals surface area contributed by atoms with Gasteiger partial charge < -0.3 is 10.6 Å². The van der Waals surface area contributed by atoms with Gasteiger partial charge in [-0.2, -0.15) is 0 Å². The van der Waals surface area contributed by atoms with E-state index in [1.807, 2.05) is 19.1 Å². The normalized spacial score (nSPS) is 21.6. The van der Waals surface area contributed by atoms with Gasteiger partial charge in [-0.3, -0.25) is 4.79 Å². The number of ketones is 1. The summed E-state index contributed by atoms with van der Waals surface area (Å²) in [7, 11) is 0. The molecule has 2 amide bonds. The number of hydrogen-bond acceptors (Lipinski definition) is 2. The van der Waals surface area contributed by atoms with Gasteiger partial charge in [0, 0.05) is 15.5 Å². The van der Waals surface area contributed by atoms with Crippen LogP contribution in [-0.2, 0) is 0 Å². The van der Waals surface area contributed by atoms with Crippen LogP contribution in [0.3, 0.4) is 0 Å². The zero-order chi connectivity index (χ0) is 15.2. The minimum atomic E-state index is -0.246. The molecule has 0 heterocycles. The number of amides is 2. The van der Waals surface area contributed by atoms with Crippen LogP contribution in [0, 0.1) is 6.92 Å². The van der Waals surface area contributed by atoms with Crippen molar-refractivity contribution < 1.29 is 9.59 Å². The summed E-state index contributed by atoms with van der Waals surface area (Å²) >= 11 is 2.40. The highest BCUT2D eigenvalue weighted by Crippen LogP contribution is 2.24. The summed E-state index contributed by atoms with van der Waals surface area (Å²) in [5.74, 6) is -0.0696. The van der Waals surface area contributed by atoms with Crippen molar-refractivity contribution in [1.82, 2.24) is 10.6 Å². The molecule has 0 bridgehead atoms. The Labute approximate surface area is 139 Å². The van der Waals surface area contributed by atoms with Crippen molar-refractivity contribution in [2.45, 2.75) is 42.6 Å². The molecule has 1 saturated carbocycles. The third-order valence-corrected chi connectivity index (χ3v) is 5.27. The Balaban J connectivity index is 1.78. The van der Waals surface area contributed by atoms with Crippen molar-refractivity contribution in [3.8, 4) is 0 Å². The molecule has 5 heteroatoms. The van der Waals surface area contributed by atoms with E-state index in [1.54, 1.807) is 12.1 Å². The number of hydrogen-bond donors (Lipinski definition) is 2. The summed E-state index contributed by atoms with van der Waals surface area (Å²) in [6.07, 6.45) is 4.56. The molecule has 1 aromatic rings. The predicted octanol–water partition coefficient (Wildman–Crippen LogP) is 3.22. The number of carbonyl (C=O) groups excluding carboxylic acids is 2. The van der Waals surface area contributed by atoms with Crippen LogP contribution < -0.4 is 10.6 Å². The van der Waals surface area contributed by atoms with Gasteiger partial charge in [0.15, 0.2) is 5.78 Å². The van der Waals surface area contributed by atoms with E-state index in [2.05, 4.69) is 33.2 Å². The number of alkyl halides is 1. The van der Waals surface area contributed by atoms with Gasteiger partial charge in [-0.1, -0.05) is 65.3 Å². The Morgan fingerprint density at radius 3 is 2.52 bits per heavy atom. The van der Waals surface area contributed by atoms with Crippen molar-refractivity contribution in [3.05, 3.63) is 35.4 Å². The van der Waals surface area contributed by atoms with Gasteiger partial charge in [-0.25, -0.2) is 4.79 Å². The number of nitrogens with one attached hydrogen (secondary N) is 2. The van der Waals surface area contributed by atoms with E-state index in [0.29, 0.717) is 9.49 Å². The second-order valence-electron chi connectivity index (χ2n) is 5.52. The molecule has 0 aromatic heterocycles. The Hall–Kier alpha value is -1.11. The summed E-state index contributed by atoms with van der Waals surface area (Å²) < 4.78 is 0.481. The lowest BCUT2D eigenvalue weighted by molar-refractivity contribution is 0.0992. The lowest BCUT2D eigenvalue weighted by Gasteiger charge is -2.28. The quantitative estimate of drug-likeness (QED) is 0.463. The molecule has 0 unspecified atom stereocenters. The smallest absolute Gasteiger partial charge is 0.315 e. The van der Waals surface area contributed by atoms with Crippen molar-refractivity contribution in [1.29, 1.82) is 0 Å². The number of aryl methyl sites for hydroxylation is 1. The van der Waals surface area contributed by atoms with E-state index in [9.17, 15) is 9.59 Å². The molecule has 1 aromatic carbocycles. The maximum Gasteiger partial charge on any atom is 0.315 e. The van der Waals surface area contributed by atoms with Gasteiger partial charge >= 0.3 is 6.03 Å². The van der Waals surface area contributed by atoms with E-state index in [1.165, 1.54) is 6.42 Å². The molecule has 0 saturated heterocycles. The Kier molecular flexibility index (Phi) is 6.02.